The fraction of sp³-hybridized carbons (Fsp3) is 0.391. The molecule has 0 saturated heterocycles. The zero-order valence-electron chi connectivity index (χ0n) is 17.7. The fourth-order valence-electron chi connectivity index (χ4n) is 3.43. The summed E-state index contributed by atoms with van der Waals surface area (Å²) < 4.78 is 50.7. The molecular weight excluding hydrogens is 418 g/mol. The highest BCUT2D eigenvalue weighted by atomic mass is 32.3. The molecule has 1 aliphatic rings. The average Bonchev–Trinajstić information content (AvgIpc) is 2.73. The van der Waals surface area contributed by atoms with Gasteiger partial charge in [0.25, 0.3) is 10.0 Å². The summed E-state index contributed by atoms with van der Waals surface area (Å²) in [6.45, 7) is 6.32. The molecule has 3 atom stereocenters. The Labute approximate surface area is 180 Å². The Bertz CT molecular complexity index is 1110. The number of rotatable bonds is 7. The van der Waals surface area contributed by atoms with E-state index in [9.17, 15) is 12.6 Å². The summed E-state index contributed by atoms with van der Waals surface area (Å²) in [5.74, 6) is 0. The third kappa shape index (κ3) is 5.02. The van der Waals surface area contributed by atoms with Gasteiger partial charge in [0.15, 0.2) is 0 Å². The lowest BCUT2D eigenvalue weighted by atomic mass is 10.1. The molecule has 0 aromatic heterocycles. The SMILES string of the molecule is CCCC[C@H]1OCC=C[C@H]1S(=O)(=NS(=O)(=O)c1ccc(C)cc1)c1ccc(C)cc1. The quantitative estimate of drug-likeness (QED) is 0.558. The van der Waals surface area contributed by atoms with Gasteiger partial charge in [0.05, 0.1) is 22.9 Å². The van der Waals surface area contributed by atoms with Gasteiger partial charge in [0, 0.05) is 4.90 Å². The first kappa shape index (κ1) is 22.7. The van der Waals surface area contributed by atoms with Gasteiger partial charge >= 0.3 is 0 Å². The number of aryl methyl sites for hydroxylation is 2. The Balaban J connectivity index is 2.19. The maximum Gasteiger partial charge on any atom is 0.290 e. The van der Waals surface area contributed by atoms with Crippen molar-refractivity contribution in [3.8, 4) is 0 Å². The van der Waals surface area contributed by atoms with Crippen LogP contribution >= 0.6 is 0 Å². The van der Waals surface area contributed by atoms with Gasteiger partial charge in [-0.1, -0.05) is 67.3 Å². The lowest BCUT2D eigenvalue weighted by Gasteiger charge is -2.30. The summed E-state index contributed by atoms with van der Waals surface area (Å²) in [6.07, 6.45) is 5.86. The Morgan fingerprint density at radius 3 is 2.07 bits per heavy atom. The van der Waals surface area contributed by atoms with Gasteiger partial charge in [0.2, 0.25) is 0 Å². The average molecular weight is 448 g/mol. The van der Waals surface area contributed by atoms with E-state index < -0.39 is 25.0 Å². The Morgan fingerprint density at radius 1 is 0.933 bits per heavy atom. The Morgan fingerprint density at radius 2 is 1.50 bits per heavy atom. The van der Waals surface area contributed by atoms with Gasteiger partial charge < -0.3 is 4.74 Å². The minimum absolute atomic E-state index is 0.0405. The molecule has 2 aromatic carbocycles. The molecule has 30 heavy (non-hydrogen) atoms. The standard InChI is InChI=1S/C23H29NO4S2/c1-4-5-7-22-23(8-6-17-28-22)29(25,20-13-9-18(2)10-14-20)24-30(26,27)21-15-11-19(3)12-16-21/h6,8-16,22-23H,4-5,7,17H2,1-3H3/t22-,23-,29?/m1/s1. The molecule has 1 aliphatic heterocycles. The van der Waals surface area contributed by atoms with Crippen molar-refractivity contribution in [2.75, 3.05) is 6.61 Å². The number of sulfonamides is 1. The van der Waals surface area contributed by atoms with Gasteiger partial charge in [-0.05, 0) is 44.5 Å². The van der Waals surface area contributed by atoms with E-state index in [1.807, 2.05) is 32.1 Å². The van der Waals surface area contributed by atoms with Crippen molar-refractivity contribution in [3.05, 3.63) is 71.8 Å². The van der Waals surface area contributed by atoms with Crippen LogP contribution in [0.5, 0.6) is 0 Å². The molecule has 2 aromatic rings. The molecule has 0 N–H and O–H groups in total. The summed E-state index contributed by atoms with van der Waals surface area (Å²) in [4.78, 5) is 0.448. The normalized spacial score (nSPS) is 21.2. The molecule has 1 unspecified atom stereocenters. The summed E-state index contributed by atoms with van der Waals surface area (Å²) in [5.41, 5.74) is 1.94. The van der Waals surface area contributed by atoms with Crippen LogP contribution in [-0.4, -0.2) is 30.6 Å². The van der Waals surface area contributed by atoms with Crippen molar-refractivity contribution in [3.63, 3.8) is 0 Å². The molecule has 1 heterocycles. The number of ether oxygens (including phenoxy) is 1. The largest absolute Gasteiger partial charge is 0.373 e. The van der Waals surface area contributed by atoms with Gasteiger partial charge in [-0.3, -0.25) is 0 Å². The zero-order chi connectivity index (χ0) is 21.8. The second-order valence-corrected chi connectivity index (χ2v) is 11.8. The number of unbranched alkanes of at least 4 members (excludes halogenated alkanes) is 1. The van der Waals surface area contributed by atoms with Crippen molar-refractivity contribution in [2.45, 2.75) is 61.2 Å². The monoisotopic (exact) mass is 447 g/mol. The third-order valence-electron chi connectivity index (χ3n) is 5.20. The molecule has 0 fully saturated rings. The lowest BCUT2D eigenvalue weighted by Crippen LogP contribution is -2.37. The van der Waals surface area contributed by atoms with E-state index in [2.05, 4.69) is 10.7 Å². The van der Waals surface area contributed by atoms with Crippen molar-refractivity contribution in [1.29, 1.82) is 0 Å². The molecule has 0 bridgehead atoms. The van der Waals surface area contributed by atoms with Gasteiger partial charge in [-0.2, -0.15) is 8.42 Å². The van der Waals surface area contributed by atoms with Crippen LogP contribution in [0.2, 0.25) is 0 Å². The highest BCUT2D eigenvalue weighted by Crippen LogP contribution is 2.31. The van der Waals surface area contributed by atoms with E-state index in [1.54, 1.807) is 30.3 Å². The summed E-state index contributed by atoms with van der Waals surface area (Å²) in [5, 5.41) is -0.638. The van der Waals surface area contributed by atoms with Crippen LogP contribution in [0.25, 0.3) is 0 Å². The van der Waals surface area contributed by atoms with Gasteiger partial charge in [-0.25, -0.2) is 4.21 Å². The second kappa shape index (κ2) is 9.45. The molecule has 0 aliphatic carbocycles. The first-order valence-electron chi connectivity index (χ1n) is 10.2. The lowest BCUT2D eigenvalue weighted by molar-refractivity contribution is 0.0629. The van der Waals surface area contributed by atoms with Crippen LogP contribution in [0.1, 0.15) is 37.3 Å². The molecule has 3 rings (SSSR count). The van der Waals surface area contributed by atoms with Crippen molar-refractivity contribution < 1.29 is 17.4 Å². The smallest absolute Gasteiger partial charge is 0.290 e. The minimum atomic E-state index is -4.13. The molecule has 5 nitrogen and oxygen atoms in total. The predicted molar refractivity (Wildman–Crippen MR) is 121 cm³/mol. The summed E-state index contributed by atoms with van der Waals surface area (Å²) in [6, 6.07) is 13.5. The van der Waals surface area contributed by atoms with E-state index in [-0.39, 0.29) is 11.0 Å². The fourth-order valence-corrected chi connectivity index (χ4v) is 7.96. The highest BCUT2D eigenvalue weighted by Gasteiger charge is 2.35. The zero-order valence-corrected chi connectivity index (χ0v) is 19.3. The van der Waals surface area contributed by atoms with Crippen LogP contribution in [0.4, 0.5) is 0 Å². The maximum absolute atomic E-state index is 14.4. The van der Waals surface area contributed by atoms with E-state index in [0.717, 1.165) is 24.0 Å². The van der Waals surface area contributed by atoms with Crippen LogP contribution in [-0.2, 0) is 24.5 Å². The first-order chi connectivity index (χ1) is 14.3. The summed E-state index contributed by atoms with van der Waals surface area (Å²) in [7, 11) is -7.48. The Kier molecular flexibility index (Phi) is 7.16. The van der Waals surface area contributed by atoms with E-state index in [4.69, 9.17) is 4.74 Å². The molecule has 162 valence electrons. The topological polar surface area (TPSA) is 72.8 Å². The molecule has 0 saturated carbocycles. The third-order valence-corrected chi connectivity index (χ3v) is 9.88. The maximum atomic E-state index is 14.4. The molecule has 0 amide bonds. The minimum Gasteiger partial charge on any atom is -0.373 e. The van der Waals surface area contributed by atoms with Crippen molar-refractivity contribution in [2.24, 2.45) is 3.77 Å². The van der Waals surface area contributed by atoms with Gasteiger partial charge in [-0.15, -0.1) is 3.77 Å². The van der Waals surface area contributed by atoms with Crippen LogP contribution in [0.3, 0.4) is 0 Å². The second-order valence-electron chi connectivity index (χ2n) is 7.65. The van der Waals surface area contributed by atoms with Crippen LogP contribution in [0.15, 0.2) is 74.2 Å². The number of benzene rings is 2. The number of nitrogens with zero attached hydrogens (tertiary/aromatic N) is 1. The van der Waals surface area contributed by atoms with Crippen molar-refractivity contribution in [1.82, 2.24) is 0 Å². The molecule has 0 spiro atoms. The number of hydrogen-bond donors (Lipinski definition) is 0. The van der Waals surface area contributed by atoms with Crippen molar-refractivity contribution >= 4 is 19.8 Å². The first-order valence-corrected chi connectivity index (χ1v) is 13.2. The number of hydrogen-bond acceptors (Lipinski definition) is 4. The molecule has 0 radical (unpaired) electrons. The summed E-state index contributed by atoms with van der Waals surface area (Å²) >= 11 is 0. The highest BCUT2D eigenvalue weighted by molar-refractivity contribution is 8.03. The van der Waals surface area contributed by atoms with Crippen LogP contribution in [0, 0.1) is 13.8 Å². The van der Waals surface area contributed by atoms with E-state index >= 15 is 0 Å². The van der Waals surface area contributed by atoms with Gasteiger partial charge in [0.1, 0.15) is 9.73 Å². The van der Waals surface area contributed by atoms with E-state index in [1.165, 1.54) is 12.1 Å². The van der Waals surface area contributed by atoms with Crippen LogP contribution < -0.4 is 0 Å². The molecule has 7 heteroatoms. The van der Waals surface area contributed by atoms with E-state index in [0.29, 0.717) is 17.9 Å². The predicted octanol–water partition coefficient (Wildman–Crippen LogP) is 5.03. The Hall–Kier alpha value is -1.96. The molecular formula is C23H29NO4S2.